The molecule has 1 aliphatic rings. The minimum atomic E-state index is -0.355. The van der Waals surface area contributed by atoms with Gasteiger partial charge in [-0.1, -0.05) is 0 Å². The molecule has 2 amide bonds. The number of hydrogen-bond donors (Lipinski definition) is 3. The Morgan fingerprint density at radius 3 is 3.20 bits per heavy atom. The Morgan fingerprint density at radius 2 is 2.50 bits per heavy atom. The van der Waals surface area contributed by atoms with Crippen LogP contribution in [0.25, 0.3) is 0 Å². The Balaban J connectivity index is 1.87. The van der Waals surface area contributed by atoms with E-state index in [1.165, 1.54) is 6.07 Å². The highest BCUT2D eigenvalue weighted by Crippen LogP contribution is 2.20. The lowest BCUT2D eigenvalue weighted by Crippen LogP contribution is -2.47. The molecule has 1 aromatic rings. The van der Waals surface area contributed by atoms with Crippen LogP contribution < -0.4 is 15.5 Å². The second kappa shape index (κ2) is 6.51. The molecule has 2 atom stereocenters. The van der Waals surface area contributed by atoms with E-state index in [1.54, 1.807) is 19.2 Å². The lowest BCUT2D eigenvalue weighted by Gasteiger charge is -2.19. The van der Waals surface area contributed by atoms with E-state index >= 15 is 0 Å². The number of rotatable bonds is 4. The number of urea groups is 1. The van der Waals surface area contributed by atoms with Crippen molar-refractivity contribution < 1.29 is 14.3 Å². The summed E-state index contributed by atoms with van der Waals surface area (Å²) in [5.74, 6) is -0.0348. The number of anilines is 1. The van der Waals surface area contributed by atoms with E-state index in [0.29, 0.717) is 18.9 Å². The van der Waals surface area contributed by atoms with Crippen LogP contribution in [-0.4, -0.2) is 47.9 Å². The van der Waals surface area contributed by atoms with E-state index < -0.39 is 0 Å². The van der Waals surface area contributed by atoms with Crippen molar-refractivity contribution in [3.8, 4) is 0 Å². The second-order valence-corrected chi connectivity index (χ2v) is 4.94. The molecule has 0 aromatic carbocycles. The first-order chi connectivity index (χ1) is 9.60. The van der Waals surface area contributed by atoms with Gasteiger partial charge in [-0.25, -0.2) is 14.2 Å². The average molecular weight is 282 g/mol. The Labute approximate surface area is 117 Å². The van der Waals surface area contributed by atoms with E-state index in [4.69, 9.17) is 5.11 Å². The Kier molecular flexibility index (Phi) is 4.73. The molecule has 1 aliphatic heterocycles. The second-order valence-electron chi connectivity index (χ2n) is 4.94. The molecule has 1 fully saturated rings. The maximum absolute atomic E-state index is 13.6. The molecule has 3 N–H and O–H groups in total. The summed E-state index contributed by atoms with van der Waals surface area (Å²) in [5, 5.41) is 14.3. The molecule has 1 aromatic heterocycles. The molecule has 110 valence electrons. The third kappa shape index (κ3) is 3.57. The number of carbonyl (C=O) groups excluding carboxylic acids is 1. The fourth-order valence-electron chi connectivity index (χ4n) is 2.18. The molecule has 20 heavy (non-hydrogen) atoms. The minimum absolute atomic E-state index is 0.0534. The normalized spacial score (nSPS) is 19.8. The summed E-state index contributed by atoms with van der Waals surface area (Å²) < 4.78 is 13.6. The van der Waals surface area contributed by atoms with E-state index in [0.717, 1.165) is 6.42 Å². The van der Waals surface area contributed by atoms with Gasteiger partial charge in [-0.15, -0.1) is 0 Å². The topological polar surface area (TPSA) is 77.5 Å². The molecule has 0 bridgehead atoms. The Morgan fingerprint density at radius 1 is 1.70 bits per heavy atom. The Hall–Kier alpha value is -1.89. The summed E-state index contributed by atoms with van der Waals surface area (Å²) in [4.78, 5) is 17.5. The number of nitrogens with one attached hydrogen (secondary N) is 2. The third-order valence-electron chi connectivity index (χ3n) is 3.21. The van der Waals surface area contributed by atoms with Gasteiger partial charge in [0.2, 0.25) is 0 Å². The molecule has 0 saturated carbocycles. The van der Waals surface area contributed by atoms with Crippen molar-refractivity contribution in [2.45, 2.75) is 25.4 Å². The van der Waals surface area contributed by atoms with Crippen LogP contribution in [0.3, 0.4) is 0 Å². The molecule has 6 nitrogen and oxygen atoms in total. The van der Waals surface area contributed by atoms with Gasteiger partial charge in [-0.05, 0) is 25.5 Å². The van der Waals surface area contributed by atoms with Gasteiger partial charge in [0.05, 0.1) is 12.6 Å². The monoisotopic (exact) mass is 282 g/mol. The van der Waals surface area contributed by atoms with Crippen LogP contribution in [0.5, 0.6) is 0 Å². The maximum Gasteiger partial charge on any atom is 0.315 e. The number of carbonyl (C=O) groups is 1. The Bertz CT molecular complexity index is 471. The van der Waals surface area contributed by atoms with E-state index in [9.17, 15) is 9.18 Å². The summed E-state index contributed by atoms with van der Waals surface area (Å²) in [7, 11) is 0. The number of aromatic nitrogens is 1. The van der Waals surface area contributed by atoms with Gasteiger partial charge in [0.15, 0.2) is 11.6 Å². The van der Waals surface area contributed by atoms with Gasteiger partial charge in [0.1, 0.15) is 0 Å². The van der Waals surface area contributed by atoms with Crippen LogP contribution >= 0.6 is 0 Å². The molecule has 2 unspecified atom stereocenters. The fraction of sp³-hybridized carbons (Fsp3) is 0.538. The van der Waals surface area contributed by atoms with E-state index in [1.807, 2.05) is 4.90 Å². The quantitative estimate of drug-likeness (QED) is 0.750. The van der Waals surface area contributed by atoms with Crippen LogP contribution in [0, 0.1) is 5.82 Å². The van der Waals surface area contributed by atoms with Crippen LogP contribution in [0.2, 0.25) is 0 Å². The van der Waals surface area contributed by atoms with Crippen molar-refractivity contribution >= 4 is 11.8 Å². The van der Waals surface area contributed by atoms with Crippen molar-refractivity contribution in [3.63, 3.8) is 0 Å². The zero-order chi connectivity index (χ0) is 14.5. The highest BCUT2D eigenvalue weighted by molar-refractivity contribution is 5.74. The van der Waals surface area contributed by atoms with E-state index in [-0.39, 0.29) is 30.5 Å². The molecule has 1 saturated heterocycles. The molecule has 0 aliphatic carbocycles. The number of aliphatic hydroxyl groups is 1. The van der Waals surface area contributed by atoms with Crippen molar-refractivity contribution in [2.24, 2.45) is 0 Å². The largest absolute Gasteiger partial charge is 0.394 e. The van der Waals surface area contributed by atoms with Crippen LogP contribution in [0.15, 0.2) is 18.3 Å². The van der Waals surface area contributed by atoms with Gasteiger partial charge in [0.25, 0.3) is 0 Å². The maximum atomic E-state index is 13.6. The first-order valence-corrected chi connectivity index (χ1v) is 6.63. The fourth-order valence-corrected chi connectivity index (χ4v) is 2.18. The molecule has 0 radical (unpaired) electrons. The van der Waals surface area contributed by atoms with E-state index in [2.05, 4.69) is 15.6 Å². The van der Waals surface area contributed by atoms with Gasteiger partial charge in [-0.2, -0.15) is 0 Å². The molecule has 7 heteroatoms. The van der Waals surface area contributed by atoms with Crippen molar-refractivity contribution in [2.75, 3.05) is 24.6 Å². The van der Waals surface area contributed by atoms with Crippen molar-refractivity contribution in [3.05, 3.63) is 24.1 Å². The predicted molar refractivity (Wildman–Crippen MR) is 73.0 cm³/mol. The SMILES string of the molecule is CC(CO)NC(=O)NC1CCN(c2ncccc2F)C1. The average Bonchev–Trinajstić information content (AvgIpc) is 2.87. The first-order valence-electron chi connectivity index (χ1n) is 6.63. The summed E-state index contributed by atoms with van der Waals surface area (Å²) in [6.07, 6.45) is 2.28. The van der Waals surface area contributed by atoms with Crippen molar-refractivity contribution in [1.82, 2.24) is 15.6 Å². The number of nitrogens with zero attached hydrogens (tertiary/aromatic N) is 2. The smallest absolute Gasteiger partial charge is 0.315 e. The highest BCUT2D eigenvalue weighted by Gasteiger charge is 2.26. The zero-order valence-electron chi connectivity index (χ0n) is 11.3. The minimum Gasteiger partial charge on any atom is -0.394 e. The van der Waals surface area contributed by atoms with Crippen molar-refractivity contribution in [1.29, 1.82) is 0 Å². The molecular formula is C13H19FN4O2. The first kappa shape index (κ1) is 14.5. The third-order valence-corrected chi connectivity index (χ3v) is 3.21. The zero-order valence-corrected chi connectivity index (χ0v) is 11.3. The standard InChI is InChI=1S/C13H19FN4O2/c1-9(8-19)16-13(20)17-10-4-6-18(7-10)12-11(14)3-2-5-15-12/h2-3,5,9-10,19H,4,6-8H2,1H3,(H2,16,17,20). The number of halogens is 1. The summed E-state index contributed by atoms with van der Waals surface area (Å²) in [6.45, 7) is 2.77. The van der Waals surface area contributed by atoms with Gasteiger partial charge >= 0.3 is 6.03 Å². The van der Waals surface area contributed by atoms with Gasteiger partial charge in [-0.3, -0.25) is 0 Å². The summed E-state index contributed by atoms with van der Waals surface area (Å²) >= 11 is 0. The molecular weight excluding hydrogens is 263 g/mol. The van der Waals surface area contributed by atoms with Gasteiger partial charge < -0.3 is 20.6 Å². The van der Waals surface area contributed by atoms with Crippen LogP contribution in [0.4, 0.5) is 15.0 Å². The lowest BCUT2D eigenvalue weighted by molar-refractivity contribution is 0.218. The number of amides is 2. The number of pyridine rings is 1. The van der Waals surface area contributed by atoms with Crippen LogP contribution in [-0.2, 0) is 0 Å². The summed E-state index contributed by atoms with van der Waals surface area (Å²) in [5.41, 5.74) is 0. The van der Waals surface area contributed by atoms with Crippen LogP contribution in [0.1, 0.15) is 13.3 Å². The summed E-state index contributed by atoms with van der Waals surface area (Å²) in [6, 6.07) is 2.26. The molecule has 2 rings (SSSR count). The number of aliphatic hydroxyl groups excluding tert-OH is 1. The predicted octanol–water partition coefficient (Wildman–Crippen LogP) is 0.479. The highest BCUT2D eigenvalue weighted by atomic mass is 19.1. The molecule has 2 heterocycles. The lowest BCUT2D eigenvalue weighted by atomic mass is 10.3. The van der Waals surface area contributed by atoms with Gasteiger partial charge in [0, 0.05) is 25.3 Å². The molecule has 0 spiro atoms. The number of hydrogen-bond acceptors (Lipinski definition) is 4.